The Hall–Kier alpha value is -2.15. The Bertz CT molecular complexity index is 901. The van der Waals surface area contributed by atoms with Crippen LogP contribution in [0.5, 0.6) is 5.75 Å². The molecular weight excluding hydrogens is 386 g/mol. The predicted molar refractivity (Wildman–Crippen MR) is 115 cm³/mol. The summed E-state index contributed by atoms with van der Waals surface area (Å²) in [5.74, 6) is 2.82. The van der Waals surface area contributed by atoms with Crippen LogP contribution in [0.3, 0.4) is 0 Å². The van der Waals surface area contributed by atoms with Gasteiger partial charge in [0.2, 0.25) is 5.95 Å². The van der Waals surface area contributed by atoms with E-state index >= 15 is 0 Å². The SMILES string of the molecule is Cc1cc(C)nc(N2CCC([C@H](C)CCOc3ccc(S(C)(=O)=O)cc3)CC2)n1. The topological polar surface area (TPSA) is 72.4 Å². The molecule has 6 nitrogen and oxygen atoms in total. The number of hydrogen-bond donors (Lipinski definition) is 0. The highest BCUT2D eigenvalue weighted by molar-refractivity contribution is 7.90. The largest absolute Gasteiger partial charge is 0.494 e. The lowest BCUT2D eigenvalue weighted by Gasteiger charge is -2.35. The third-order valence-corrected chi connectivity index (χ3v) is 6.82. The molecule has 0 radical (unpaired) electrons. The number of anilines is 1. The van der Waals surface area contributed by atoms with Crippen molar-refractivity contribution in [1.82, 2.24) is 9.97 Å². The minimum absolute atomic E-state index is 0.317. The van der Waals surface area contributed by atoms with Gasteiger partial charge in [-0.05, 0) is 75.3 Å². The molecule has 0 aliphatic carbocycles. The molecule has 1 fully saturated rings. The molecule has 0 bridgehead atoms. The molecule has 2 heterocycles. The van der Waals surface area contributed by atoms with Gasteiger partial charge in [0.05, 0.1) is 11.5 Å². The molecule has 1 atom stereocenters. The van der Waals surface area contributed by atoms with Crippen molar-refractivity contribution in [3.63, 3.8) is 0 Å². The molecule has 1 aromatic carbocycles. The average molecular weight is 418 g/mol. The maximum atomic E-state index is 11.5. The first-order valence-electron chi connectivity index (χ1n) is 10.2. The van der Waals surface area contributed by atoms with Gasteiger partial charge < -0.3 is 9.64 Å². The highest BCUT2D eigenvalue weighted by atomic mass is 32.2. The minimum atomic E-state index is -3.17. The zero-order valence-corrected chi connectivity index (χ0v) is 18.6. The van der Waals surface area contributed by atoms with E-state index in [-0.39, 0.29) is 0 Å². The fourth-order valence-electron chi connectivity index (χ4n) is 3.90. The molecule has 1 saturated heterocycles. The maximum Gasteiger partial charge on any atom is 0.225 e. The maximum absolute atomic E-state index is 11.5. The van der Waals surface area contributed by atoms with Crippen molar-refractivity contribution in [3.05, 3.63) is 41.7 Å². The lowest BCUT2D eigenvalue weighted by atomic mass is 9.84. The number of piperidine rings is 1. The number of hydrogen-bond acceptors (Lipinski definition) is 6. The Balaban J connectivity index is 1.44. The van der Waals surface area contributed by atoms with E-state index in [9.17, 15) is 8.42 Å². The molecular formula is C22H31N3O3S. The van der Waals surface area contributed by atoms with Crippen LogP contribution in [0.15, 0.2) is 35.2 Å². The molecule has 1 aliphatic rings. The smallest absolute Gasteiger partial charge is 0.225 e. The minimum Gasteiger partial charge on any atom is -0.494 e. The van der Waals surface area contributed by atoms with Crippen LogP contribution < -0.4 is 9.64 Å². The van der Waals surface area contributed by atoms with Gasteiger partial charge in [0, 0.05) is 30.7 Å². The summed E-state index contributed by atoms with van der Waals surface area (Å²) in [5, 5.41) is 0. The summed E-state index contributed by atoms with van der Waals surface area (Å²) in [5.41, 5.74) is 2.04. The van der Waals surface area contributed by atoms with Crippen molar-refractivity contribution >= 4 is 15.8 Å². The number of ether oxygens (including phenoxy) is 1. The Morgan fingerprint density at radius 3 is 2.24 bits per heavy atom. The third-order valence-electron chi connectivity index (χ3n) is 5.69. The van der Waals surface area contributed by atoms with Gasteiger partial charge in [-0.2, -0.15) is 0 Å². The lowest BCUT2D eigenvalue weighted by molar-refractivity contribution is 0.222. The second-order valence-electron chi connectivity index (χ2n) is 8.13. The Kier molecular flexibility index (Phi) is 6.77. The van der Waals surface area contributed by atoms with Crippen molar-refractivity contribution in [3.8, 4) is 5.75 Å². The quantitative estimate of drug-likeness (QED) is 0.682. The standard InChI is InChI=1S/C22H31N3O3S/c1-16(11-14-28-20-5-7-21(8-6-20)29(4,26)27)19-9-12-25(13-10-19)22-23-17(2)15-18(3)24-22/h5-8,15-16,19H,9-14H2,1-4H3/t16-/m1/s1. The van der Waals surface area contributed by atoms with E-state index in [1.807, 2.05) is 19.9 Å². The summed E-state index contributed by atoms with van der Waals surface area (Å²) >= 11 is 0. The summed E-state index contributed by atoms with van der Waals surface area (Å²) in [4.78, 5) is 11.8. The molecule has 29 heavy (non-hydrogen) atoms. The summed E-state index contributed by atoms with van der Waals surface area (Å²) in [7, 11) is -3.17. The summed E-state index contributed by atoms with van der Waals surface area (Å²) < 4.78 is 28.9. The van der Waals surface area contributed by atoms with Crippen LogP contribution in [-0.4, -0.2) is 44.3 Å². The molecule has 0 saturated carbocycles. The van der Waals surface area contributed by atoms with Crippen molar-refractivity contribution in [2.45, 2.75) is 44.9 Å². The molecule has 0 N–H and O–H groups in total. The van der Waals surface area contributed by atoms with Crippen molar-refractivity contribution in [2.24, 2.45) is 11.8 Å². The van der Waals surface area contributed by atoms with Crippen molar-refractivity contribution < 1.29 is 13.2 Å². The van der Waals surface area contributed by atoms with E-state index in [2.05, 4.69) is 21.8 Å². The molecule has 0 unspecified atom stereocenters. The molecule has 2 aromatic rings. The predicted octanol–water partition coefficient (Wildman–Crippen LogP) is 3.82. The second kappa shape index (κ2) is 9.11. The van der Waals surface area contributed by atoms with Gasteiger partial charge in [0.15, 0.2) is 9.84 Å². The van der Waals surface area contributed by atoms with Crippen LogP contribution in [-0.2, 0) is 9.84 Å². The monoisotopic (exact) mass is 417 g/mol. The number of sulfone groups is 1. The van der Waals surface area contributed by atoms with Gasteiger partial charge in [0.25, 0.3) is 0 Å². The first kappa shape index (κ1) is 21.6. The van der Waals surface area contributed by atoms with Gasteiger partial charge in [-0.25, -0.2) is 18.4 Å². The zero-order valence-electron chi connectivity index (χ0n) is 17.8. The van der Waals surface area contributed by atoms with E-state index in [0.717, 1.165) is 49.7 Å². The first-order valence-corrected chi connectivity index (χ1v) is 12.1. The molecule has 7 heteroatoms. The van der Waals surface area contributed by atoms with Crippen LogP contribution in [0.4, 0.5) is 5.95 Å². The fourth-order valence-corrected chi connectivity index (χ4v) is 4.53. The third kappa shape index (κ3) is 5.92. The van der Waals surface area contributed by atoms with E-state index < -0.39 is 9.84 Å². The van der Waals surface area contributed by atoms with Crippen molar-refractivity contribution in [2.75, 3.05) is 30.9 Å². The molecule has 1 aliphatic heterocycles. The summed E-state index contributed by atoms with van der Waals surface area (Å²) in [6, 6.07) is 8.65. The van der Waals surface area contributed by atoms with Crippen LogP contribution in [0.2, 0.25) is 0 Å². The normalized spacial score (nSPS) is 16.6. The number of aromatic nitrogens is 2. The van der Waals surface area contributed by atoms with Crippen molar-refractivity contribution in [1.29, 1.82) is 0 Å². The number of aryl methyl sites for hydroxylation is 2. The van der Waals surface area contributed by atoms with Crippen LogP contribution in [0.25, 0.3) is 0 Å². The molecule has 1 aromatic heterocycles. The van der Waals surface area contributed by atoms with Crippen LogP contribution in [0, 0.1) is 25.7 Å². The van der Waals surface area contributed by atoms with Gasteiger partial charge in [-0.15, -0.1) is 0 Å². The Morgan fingerprint density at radius 1 is 1.10 bits per heavy atom. The Morgan fingerprint density at radius 2 is 1.69 bits per heavy atom. The number of rotatable bonds is 7. The Labute approximate surface area is 174 Å². The molecule has 158 valence electrons. The first-order chi connectivity index (χ1) is 13.7. The summed E-state index contributed by atoms with van der Waals surface area (Å²) in [6.07, 6.45) is 4.47. The van der Waals surface area contributed by atoms with E-state index in [1.165, 1.54) is 6.26 Å². The van der Waals surface area contributed by atoms with Gasteiger partial charge in [0.1, 0.15) is 5.75 Å². The van der Waals surface area contributed by atoms with E-state index in [1.54, 1.807) is 24.3 Å². The van der Waals surface area contributed by atoms with Gasteiger partial charge in [-0.1, -0.05) is 6.92 Å². The average Bonchev–Trinajstić information content (AvgIpc) is 2.67. The zero-order chi connectivity index (χ0) is 21.0. The molecule has 0 amide bonds. The van der Waals surface area contributed by atoms with Crippen LogP contribution >= 0.6 is 0 Å². The number of nitrogens with zero attached hydrogens (tertiary/aromatic N) is 3. The molecule has 0 spiro atoms. The highest BCUT2D eigenvalue weighted by Crippen LogP contribution is 2.29. The van der Waals surface area contributed by atoms with E-state index in [4.69, 9.17) is 4.74 Å². The summed E-state index contributed by atoms with van der Waals surface area (Å²) in [6.45, 7) is 8.95. The van der Waals surface area contributed by atoms with Crippen LogP contribution in [0.1, 0.15) is 37.6 Å². The lowest BCUT2D eigenvalue weighted by Crippen LogP contribution is -2.37. The molecule has 3 rings (SSSR count). The number of benzene rings is 1. The van der Waals surface area contributed by atoms with E-state index in [0.29, 0.717) is 29.1 Å². The fraction of sp³-hybridized carbons (Fsp3) is 0.545. The van der Waals surface area contributed by atoms with Gasteiger partial charge in [-0.3, -0.25) is 0 Å². The highest BCUT2D eigenvalue weighted by Gasteiger charge is 2.25. The second-order valence-corrected chi connectivity index (χ2v) is 10.1. The van der Waals surface area contributed by atoms with Gasteiger partial charge >= 0.3 is 0 Å².